The van der Waals surface area contributed by atoms with Crippen molar-refractivity contribution in [3.05, 3.63) is 52.8 Å². The molecule has 6 nitrogen and oxygen atoms in total. The minimum absolute atomic E-state index is 0.188. The zero-order valence-corrected chi connectivity index (χ0v) is 12.0. The molecule has 0 saturated carbocycles. The number of nitriles is 1. The highest BCUT2D eigenvalue weighted by atomic mass is 16.5. The molecule has 1 aromatic heterocycles. The summed E-state index contributed by atoms with van der Waals surface area (Å²) in [6, 6.07) is 8.10. The topological polar surface area (TPSA) is 87.9 Å². The number of carbonyl (C=O) groups is 1. The maximum atomic E-state index is 11.3. The second kappa shape index (κ2) is 5.82. The monoisotopic (exact) mass is 294 g/mol. The number of hydrogen-bond donors (Lipinski definition) is 1. The Bertz CT molecular complexity index is 750. The molecule has 1 aromatic carbocycles. The Labute approximate surface area is 127 Å². The van der Waals surface area contributed by atoms with E-state index in [1.807, 2.05) is 18.2 Å². The Morgan fingerprint density at radius 2 is 2.05 bits per heavy atom. The Morgan fingerprint density at radius 1 is 1.32 bits per heavy atom. The highest BCUT2D eigenvalue weighted by Crippen LogP contribution is 2.24. The Hall–Kier alpha value is -2.94. The van der Waals surface area contributed by atoms with Gasteiger partial charge in [0.1, 0.15) is 0 Å². The Morgan fingerprint density at radius 3 is 2.73 bits per heavy atom. The van der Waals surface area contributed by atoms with Crippen molar-refractivity contribution >= 4 is 11.9 Å². The molecule has 0 saturated heterocycles. The highest BCUT2D eigenvalue weighted by Gasteiger charge is 2.22. The van der Waals surface area contributed by atoms with E-state index < -0.39 is 5.97 Å². The Kier molecular flexibility index (Phi) is 3.71. The fourth-order valence-electron chi connectivity index (χ4n) is 2.60. The first kappa shape index (κ1) is 14.0. The normalized spacial score (nSPS) is 15.7. The van der Waals surface area contributed by atoms with Crippen LogP contribution in [0.4, 0.5) is 5.95 Å². The van der Waals surface area contributed by atoms with Crippen LogP contribution in [0.1, 0.15) is 27.0 Å². The highest BCUT2D eigenvalue weighted by molar-refractivity contribution is 5.88. The number of carbonyl (C=O) groups excluding carboxylic acids is 1. The van der Waals surface area contributed by atoms with Crippen LogP contribution in [-0.4, -0.2) is 29.1 Å². The lowest BCUT2D eigenvalue weighted by Crippen LogP contribution is -2.21. The van der Waals surface area contributed by atoms with Gasteiger partial charge in [-0.25, -0.2) is 14.8 Å². The van der Waals surface area contributed by atoms with Crippen LogP contribution in [0.3, 0.4) is 0 Å². The third kappa shape index (κ3) is 2.74. The van der Waals surface area contributed by atoms with Crippen molar-refractivity contribution in [2.45, 2.75) is 18.9 Å². The molecule has 0 radical (unpaired) electrons. The summed E-state index contributed by atoms with van der Waals surface area (Å²) >= 11 is 0. The van der Waals surface area contributed by atoms with Gasteiger partial charge in [-0.1, -0.05) is 6.07 Å². The molecule has 1 N–H and O–H groups in total. The maximum Gasteiger partial charge on any atom is 0.341 e. The van der Waals surface area contributed by atoms with E-state index in [1.54, 1.807) is 0 Å². The van der Waals surface area contributed by atoms with E-state index in [0.29, 0.717) is 17.1 Å². The molecule has 1 aliphatic rings. The van der Waals surface area contributed by atoms with E-state index in [1.165, 1.54) is 30.6 Å². The van der Waals surface area contributed by atoms with E-state index in [-0.39, 0.29) is 6.04 Å². The van der Waals surface area contributed by atoms with Gasteiger partial charge >= 0.3 is 5.97 Å². The van der Waals surface area contributed by atoms with Gasteiger partial charge in [0.2, 0.25) is 5.95 Å². The molecular formula is C16H14N4O2. The van der Waals surface area contributed by atoms with Gasteiger partial charge in [-0.3, -0.25) is 0 Å². The fraction of sp³-hybridized carbons (Fsp3) is 0.250. The number of methoxy groups -OCH3 is 1. The number of nitrogens with one attached hydrogen (secondary N) is 1. The molecule has 0 fully saturated rings. The van der Waals surface area contributed by atoms with Crippen LogP contribution in [0.25, 0.3) is 0 Å². The van der Waals surface area contributed by atoms with Gasteiger partial charge in [-0.15, -0.1) is 0 Å². The lowest BCUT2D eigenvalue weighted by molar-refractivity contribution is 0.0600. The summed E-state index contributed by atoms with van der Waals surface area (Å²) in [5.74, 6) is 0.0230. The Balaban J connectivity index is 1.68. The van der Waals surface area contributed by atoms with Crippen LogP contribution in [0.15, 0.2) is 30.6 Å². The summed E-state index contributed by atoms with van der Waals surface area (Å²) in [5, 5.41) is 12.2. The molecule has 0 aliphatic heterocycles. The zero-order chi connectivity index (χ0) is 15.5. The van der Waals surface area contributed by atoms with Gasteiger partial charge in [0, 0.05) is 18.4 Å². The van der Waals surface area contributed by atoms with Crippen LogP contribution >= 0.6 is 0 Å². The lowest BCUT2D eigenvalue weighted by Gasteiger charge is -2.11. The van der Waals surface area contributed by atoms with Crippen LogP contribution in [0.5, 0.6) is 0 Å². The van der Waals surface area contributed by atoms with Crippen molar-refractivity contribution in [2.75, 3.05) is 12.4 Å². The quantitative estimate of drug-likeness (QED) is 0.867. The van der Waals surface area contributed by atoms with Gasteiger partial charge in [-0.05, 0) is 36.1 Å². The van der Waals surface area contributed by atoms with Crippen molar-refractivity contribution in [2.24, 2.45) is 0 Å². The second-order valence-electron chi connectivity index (χ2n) is 5.13. The van der Waals surface area contributed by atoms with Gasteiger partial charge in [-0.2, -0.15) is 5.26 Å². The molecule has 1 aliphatic carbocycles. The second-order valence-corrected chi connectivity index (χ2v) is 5.13. The van der Waals surface area contributed by atoms with Crippen molar-refractivity contribution in [1.29, 1.82) is 5.26 Å². The number of aromatic nitrogens is 2. The number of rotatable bonds is 3. The molecule has 3 rings (SSSR count). The first-order valence-corrected chi connectivity index (χ1v) is 6.88. The molecule has 1 unspecified atom stereocenters. The molecule has 1 atom stereocenters. The predicted molar refractivity (Wildman–Crippen MR) is 79.3 cm³/mol. The molecule has 0 amide bonds. The van der Waals surface area contributed by atoms with Crippen LogP contribution < -0.4 is 5.32 Å². The number of anilines is 1. The summed E-state index contributed by atoms with van der Waals surface area (Å²) in [5.41, 5.74) is 3.42. The van der Waals surface area contributed by atoms with Crippen molar-refractivity contribution in [1.82, 2.24) is 9.97 Å². The summed E-state index contributed by atoms with van der Waals surface area (Å²) in [4.78, 5) is 19.6. The maximum absolute atomic E-state index is 11.3. The van der Waals surface area contributed by atoms with E-state index in [0.717, 1.165) is 12.8 Å². The van der Waals surface area contributed by atoms with Gasteiger partial charge in [0.05, 0.1) is 24.3 Å². The van der Waals surface area contributed by atoms with Crippen molar-refractivity contribution in [3.63, 3.8) is 0 Å². The summed E-state index contributed by atoms with van der Waals surface area (Å²) < 4.78 is 4.61. The number of fused-ring (bicyclic) bond motifs is 1. The SMILES string of the molecule is COC(=O)c1cnc(NC2Cc3ccc(C#N)cc3C2)nc1. The third-order valence-electron chi connectivity index (χ3n) is 3.67. The number of nitrogens with zero attached hydrogens (tertiary/aromatic N) is 3. The first-order chi connectivity index (χ1) is 10.7. The van der Waals surface area contributed by atoms with E-state index in [4.69, 9.17) is 5.26 Å². The largest absolute Gasteiger partial charge is 0.465 e. The van der Waals surface area contributed by atoms with Crippen molar-refractivity contribution < 1.29 is 9.53 Å². The number of hydrogen-bond acceptors (Lipinski definition) is 6. The molecule has 1 heterocycles. The van der Waals surface area contributed by atoms with Crippen LogP contribution in [-0.2, 0) is 17.6 Å². The molecule has 6 heteroatoms. The van der Waals surface area contributed by atoms with Crippen LogP contribution in [0, 0.1) is 11.3 Å². The molecule has 2 aromatic rings. The smallest absolute Gasteiger partial charge is 0.341 e. The molecule has 0 bridgehead atoms. The van der Waals surface area contributed by atoms with E-state index >= 15 is 0 Å². The first-order valence-electron chi connectivity index (χ1n) is 6.88. The molecule has 0 spiro atoms. The fourth-order valence-corrected chi connectivity index (χ4v) is 2.60. The minimum Gasteiger partial charge on any atom is -0.465 e. The summed E-state index contributed by atoms with van der Waals surface area (Å²) in [7, 11) is 1.32. The average molecular weight is 294 g/mol. The van der Waals surface area contributed by atoms with Crippen molar-refractivity contribution in [3.8, 4) is 6.07 Å². The average Bonchev–Trinajstić information content (AvgIpc) is 2.95. The lowest BCUT2D eigenvalue weighted by atomic mass is 10.1. The van der Waals surface area contributed by atoms with E-state index in [9.17, 15) is 4.79 Å². The molecule has 22 heavy (non-hydrogen) atoms. The third-order valence-corrected chi connectivity index (χ3v) is 3.67. The minimum atomic E-state index is -0.455. The summed E-state index contributed by atoms with van der Waals surface area (Å²) in [6.07, 6.45) is 4.57. The van der Waals surface area contributed by atoms with Gasteiger partial charge in [0.15, 0.2) is 0 Å². The van der Waals surface area contributed by atoms with Gasteiger partial charge in [0.25, 0.3) is 0 Å². The molecular weight excluding hydrogens is 280 g/mol. The van der Waals surface area contributed by atoms with Gasteiger partial charge < -0.3 is 10.1 Å². The molecule has 110 valence electrons. The van der Waals surface area contributed by atoms with Crippen LogP contribution in [0.2, 0.25) is 0 Å². The van der Waals surface area contributed by atoms with E-state index in [2.05, 4.69) is 26.1 Å². The number of benzene rings is 1. The summed E-state index contributed by atoms with van der Waals surface area (Å²) in [6.45, 7) is 0. The predicted octanol–water partition coefficient (Wildman–Crippen LogP) is 1.71. The number of ether oxygens (including phenoxy) is 1. The number of esters is 1. The zero-order valence-electron chi connectivity index (χ0n) is 12.0. The standard InChI is InChI=1S/C16H14N4O2/c1-22-15(21)13-8-18-16(19-9-13)20-14-5-11-3-2-10(7-17)4-12(11)6-14/h2-4,8-9,14H,5-6H2,1H3,(H,18,19,20).